The van der Waals surface area contributed by atoms with E-state index in [1.807, 2.05) is 0 Å². The Bertz CT molecular complexity index is 749. The van der Waals surface area contributed by atoms with E-state index in [0.717, 1.165) is 0 Å². The largest absolute Gasteiger partial charge is 0.506 e. The number of halogens is 3. The van der Waals surface area contributed by atoms with Gasteiger partial charge < -0.3 is 10.2 Å². The molecule has 1 amide bonds. The fourth-order valence-corrected chi connectivity index (χ4v) is 2.93. The van der Waals surface area contributed by atoms with Gasteiger partial charge in [-0.2, -0.15) is 5.11 Å². The molecule has 0 aromatic heterocycles. The van der Waals surface area contributed by atoms with Gasteiger partial charge in [-0.25, -0.2) is 0 Å². The quantitative estimate of drug-likeness (QED) is 0.644. The first-order valence-corrected chi connectivity index (χ1v) is 7.92. The van der Waals surface area contributed by atoms with Gasteiger partial charge in [-0.15, -0.1) is 5.11 Å². The molecule has 2 N–H and O–H groups in total. The van der Waals surface area contributed by atoms with Crippen LogP contribution in [0, 0.1) is 0 Å². The molecule has 2 aromatic carbocycles. The maximum absolute atomic E-state index is 11.8. The zero-order chi connectivity index (χ0) is 16.3. The molecule has 0 bridgehead atoms. The second kappa shape index (κ2) is 7.21. The Labute approximate surface area is 147 Å². The van der Waals surface area contributed by atoms with Gasteiger partial charge in [-0.3, -0.25) is 4.79 Å². The Morgan fingerprint density at radius 3 is 2.41 bits per heavy atom. The molecule has 0 heterocycles. The molecular weight excluding hydrogens is 439 g/mol. The van der Waals surface area contributed by atoms with Crippen molar-refractivity contribution >= 4 is 49.4 Å². The van der Waals surface area contributed by atoms with Gasteiger partial charge in [0.1, 0.15) is 16.0 Å². The Morgan fingerprint density at radius 2 is 1.77 bits per heavy atom. The minimum atomic E-state index is -0.506. The van der Waals surface area contributed by atoms with Crippen LogP contribution in [0.1, 0.15) is 15.9 Å². The van der Waals surface area contributed by atoms with Crippen molar-refractivity contribution in [1.82, 2.24) is 0 Å². The summed E-state index contributed by atoms with van der Waals surface area (Å²) >= 11 is 12.0. The average Bonchev–Trinajstić information content (AvgIpc) is 2.50. The smallest absolute Gasteiger partial charge is 0.295 e. The van der Waals surface area contributed by atoms with Crippen molar-refractivity contribution in [2.24, 2.45) is 10.2 Å². The molecule has 0 unspecified atom stereocenters. The van der Waals surface area contributed by atoms with Gasteiger partial charge in [0.15, 0.2) is 0 Å². The van der Waals surface area contributed by atoms with Gasteiger partial charge in [0, 0.05) is 16.1 Å². The lowest BCUT2D eigenvalue weighted by atomic mass is 10.2. The van der Waals surface area contributed by atoms with Gasteiger partial charge in [0.25, 0.3) is 5.91 Å². The van der Waals surface area contributed by atoms with Crippen LogP contribution in [0.25, 0.3) is 0 Å². The highest BCUT2D eigenvalue weighted by molar-refractivity contribution is 9.11. The average molecular weight is 448 g/mol. The van der Waals surface area contributed by atoms with Crippen molar-refractivity contribution in [3.8, 4) is 11.5 Å². The van der Waals surface area contributed by atoms with Crippen LogP contribution in [0.4, 0.5) is 0 Å². The summed E-state index contributed by atoms with van der Waals surface area (Å²) in [7, 11) is 0. The Morgan fingerprint density at radius 1 is 1.14 bits per heavy atom. The van der Waals surface area contributed by atoms with Crippen molar-refractivity contribution in [1.29, 1.82) is 0 Å². The van der Waals surface area contributed by atoms with E-state index in [1.165, 1.54) is 6.07 Å². The lowest BCUT2D eigenvalue weighted by Gasteiger charge is -2.07. The number of aromatic hydroxyl groups is 2. The Hall–Kier alpha value is -1.44. The van der Waals surface area contributed by atoms with Crippen molar-refractivity contribution in [2.75, 3.05) is 0 Å². The van der Waals surface area contributed by atoms with E-state index >= 15 is 0 Å². The number of carbonyl (C=O) groups is 1. The molecule has 8 heteroatoms. The molecule has 2 aromatic rings. The zero-order valence-electron chi connectivity index (χ0n) is 10.9. The van der Waals surface area contributed by atoms with Crippen molar-refractivity contribution in [2.45, 2.75) is 6.54 Å². The van der Waals surface area contributed by atoms with E-state index in [1.54, 1.807) is 24.3 Å². The number of phenols is 2. The van der Waals surface area contributed by atoms with Gasteiger partial charge in [0.05, 0.1) is 11.0 Å². The van der Waals surface area contributed by atoms with Crippen LogP contribution in [0.3, 0.4) is 0 Å². The number of amides is 1. The van der Waals surface area contributed by atoms with Gasteiger partial charge >= 0.3 is 0 Å². The molecule has 0 aliphatic rings. The predicted octanol–water partition coefficient (Wildman–Crippen LogP) is 5.07. The molecule has 0 fully saturated rings. The third-order valence-corrected chi connectivity index (χ3v) is 4.35. The molecule has 0 saturated carbocycles. The van der Waals surface area contributed by atoms with E-state index in [9.17, 15) is 15.0 Å². The number of nitrogens with zero attached hydrogens (tertiary/aromatic N) is 2. The monoisotopic (exact) mass is 446 g/mol. The predicted molar refractivity (Wildman–Crippen MR) is 89.5 cm³/mol. The normalized spacial score (nSPS) is 11.0. The van der Waals surface area contributed by atoms with Crippen LogP contribution in [0.5, 0.6) is 11.5 Å². The number of hydrogen-bond acceptors (Lipinski definition) is 4. The summed E-state index contributed by atoms with van der Waals surface area (Å²) < 4.78 is 0.544. The Balaban J connectivity index is 2.13. The third-order valence-electron chi connectivity index (χ3n) is 2.74. The highest BCUT2D eigenvalue weighted by atomic mass is 79.9. The maximum atomic E-state index is 11.8. The van der Waals surface area contributed by atoms with Crippen LogP contribution in [-0.4, -0.2) is 16.1 Å². The number of carbonyl (C=O) groups excluding carboxylic acids is 1. The number of azo groups is 1. The number of hydrogen-bond donors (Lipinski definition) is 2. The lowest BCUT2D eigenvalue weighted by molar-refractivity contribution is 0.0993. The van der Waals surface area contributed by atoms with E-state index in [4.69, 9.17) is 11.6 Å². The van der Waals surface area contributed by atoms with Crippen LogP contribution in [0.2, 0.25) is 5.02 Å². The first-order chi connectivity index (χ1) is 10.4. The van der Waals surface area contributed by atoms with E-state index < -0.39 is 5.91 Å². The van der Waals surface area contributed by atoms with E-state index in [0.29, 0.717) is 20.6 Å². The molecule has 0 radical (unpaired) electrons. The standard InChI is InChI=1S/C14H9Br2ClN2O3/c15-10-5-8(12(20)11(16)13(10)21)6-18-19-14(22)7-1-3-9(17)4-2-7/h1-5,20-21H,6H2. The van der Waals surface area contributed by atoms with Crippen molar-refractivity contribution in [3.63, 3.8) is 0 Å². The molecule has 0 spiro atoms. The second-order valence-corrected chi connectivity index (χ2v) is 6.32. The minimum Gasteiger partial charge on any atom is -0.506 e. The molecule has 0 saturated heterocycles. The van der Waals surface area contributed by atoms with Crippen LogP contribution in [-0.2, 0) is 6.54 Å². The van der Waals surface area contributed by atoms with Gasteiger partial charge in [-0.1, -0.05) is 11.6 Å². The topological polar surface area (TPSA) is 82.2 Å². The summed E-state index contributed by atoms with van der Waals surface area (Å²) in [6.45, 7) is -0.0113. The maximum Gasteiger partial charge on any atom is 0.295 e. The highest BCUT2D eigenvalue weighted by Gasteiger charge is 2.13. The summed E-state index contributed by atoms with van der Waals surface area (Å²) in [5.41, 5.74) is 0.773. The van der Waals surface area contributed by atoms with Crippen molar-refractivity contribution in [3.05, 3.63) is 55.4 Å². The SMILES string of the molecule is O=C(N=NCc1cc(Br)c(O)c(Br)c1O)c1ccc(Cl)cc1. The molecular formula is C14H9Br2ClN2O3. The Kier molecular flexibility index (Phi) is 5.55. The molecule has 5 nitrogen and oxygen atoms in total. The summed E-state index contributed by atoms with van der Waals surface area (Å²) in [6, 6.07) is 7.78. The number of benzene rings is 2. The fourth-order valence-electron chi connectivity index (χ4n) is 1.59. The first-order valence-electron chi connectivity index (χ1n) is 5.96. The molecule has 0 aliphatic heterocycles. The lowest BCUT2D eigenvalue weighted by Crippen LogP contribution is -1.93. The summed E-state index contributed by atoms with van der Waals surface area (Å²) in [4.78, 5) is 11.8. The summed E-state index contributed by atoms with van der Waals surface area (Å²) in [5, 5.41) is 27.4. The first kappa shape index (κ1) is 16.9. The molecule has 22 heavy (non-hydrogen) atoms. The molecule has 0 atom stereocenters. The number of rotatable bonds is 3. The van der Waals surface area contributed by atoms with Gasteiger partial charge in [0.2, 0.25) is 0 Å². The van der Waals surface area contributed by atoms with Crippen LogP contribution >= 0.6 is 43.5 Å². The molecule has 0 aliphatic carbocycles. The second-order valence-electron chi connectivity index (χ2n) is 4.24. The highest BCUT2D eigenvalue weighted by Crippen LogP contribution is 2.41. The fraction of sp³-hybridized carbons (Fsp3) is 0.0714. The minimum absolute atomic E-state index is 0.0113. The van der Waals surface area contributed by atoms with E-state index in [-0.39, 0.29) is 22.5 Å². The summed E-state index contributed by atoms with van der Waals surface area (Å²) in [6.07, 6.45) is 0. The summed E-state index contributed by atoms with van der Waals surface area (Å²) in [5.74, 6) is -0.776. The van der Waals surface area contributed by atoms with Crippen LogP contribution < -0.4 is 0 Å². The zero-order valence-corrected chi connectivity index (χ0v) is 14.9. The molecule has 114 valence electrons. The number of phenolic OH excluding ortho intramolecular Hbond substituents is 2. The van der Waals surface area contributed by atoms with Gasteiger partial charge in [-0.05, 0) is 62.2 Å². The third kappa shape index (κ3) is 3.85. The van der Waals surface area contributed by atoms with Crippen LogP contribution in [0.15, 0.2) is 49.5 Å². The van der Waals surface area contributed by atoms with E-state index in [2.05, 4.69) is 42.1 Å². The molecule has 2 rings (SSSR count). The van der Waals surface area contributed by atoms with Crippen molar-refractivity contribution < 1.29 is 15.0 Å².